The minimum absolute atomic E-state index is 0.00311. The molecule has 1 aliphatic heterocycles. The highest BCUT2D eigenvalue weighted by atomic mass is 19.4. The summed E-state index contributed by atoms with van der Waals surface area (Å²) in [5, 5.41) is 13.7. The van der Waals surface area contributed by atoms with E-state index in [0.29, 0.717) is 38.8 Å². The van der Waals surface area contributed by atoms with Crippen LogP contribution in [0, 0.1) is 10.1 Å². The van der Waals surface area contributed by atoms with Crippen molar-refractivity contribution in [3.8, 4) is 0 Å². The van der Waals surface area contributed by atoms with E-state index < -0.39 is 22.6 Å². The standard InChI is InChI=1S/C23H27F3N6O4/c24-23(25,26)21-22(32(34)35)27-14-19(29-21)28-16-6-8-18(9-7-16)36-15-20(33)31-12-10-30(11-13-31)17-4-2-1-3-5-17/h1-5,14,16,18H,6-13,15H2,(H,28,29)/t16-,18-. The minimum Gasteiger partial charge on any atom is -0.368 e. The number of nitrogens with zero attached hydrogens (tertiary/aromatic N) is 5. The van der Waals surface area contributed by atoms with Crippen molar-refractivity contribution in [1.29, 1.82) is 0 Å². The fourth-order valence-electron chi connectivity index (χ4n) is 4.49. The molecule has 1 N–H and O–H groups in total. The topological polar surface area (TPSA) is 114 Å². The summed E-state index contributed by atoms with van der Waals surface area (Å²) in [7, 11) is 0. The molecule has 13 heteroatoms. The van der Waals surface area contributed by atoms with Crippen molar-refractivity contribution in [1.82, 2.24) is 14.9 Å². The summed E-state index contributed by atoms with van der Waals surface area (Å²) in [5.74, 6) is -1.54. The van der Waals surface area contributed by atoms with Gasteiger partial charge in [-0.3, -0.25) is 4.79 Å². The maximum Gasteiger partial charge on any atom is 0.441 e. The van der Waals surface area contributed by atoms with E-state index in [1.807, 2.05) is 18.2 Å². The third-order valence-electron chi connectivity index (χ3n) is 6.42. The van der Waals surface area contributed by atoms with Gasteiger partial charge in [-0.15, -0.1) is 0 Å². The Hall–Kier alpha value is -3.48. The monoisotopic (exact) mass is 508 g/mol. The maximum absolute atomic E-state index is 13.1. The van der Waals surface area contributed by atoms with Gasteiger partial charge in [-0.25, -0.2) is 4.98 Å². The van der Waals surface area contributed by atoms with E-state index in [4.69, 9.17) is 4.74 Å². The van der Waals surface area contributed by atoms with Gasteiger partial charge in [0.2, 0.25) is 11.6 Å². The van der Waals surface area contributed by atoms with Gasteiger partial charge >= 0.3 is 12.0 Å². The molecule has 0 spiro atoms. The summed E-state index contributed by atoms with van der Waals surface area (Å²) in [6.45, 7) is 2.77. The molecule has 0 radical (unpaired) electrons. The Morgan fingerprint density at radius 2 is 1.78 bits per heavy atom. The molecule has 1 saturated heterocycles. The largest absolute Gasteiger partial charge is 0.441 e. The molecule has 1 amide bonds. The first kappa shape index (κ1) is 25.6. The highest BCUT2D eigenvalue weighted by Crippen LogP contribution is 2.34. The molecule has 0 bridgehead atoms. The molecule has 2 fully saturated rings. The number of alkyl halides is 3. The van der Waals surface area contributed by atoms with Crippen LogP contribution in [0.5, 0.6) is 0 Å². The maximum atomic E-state index is 13.1. The van der Waals surface area contributed by atoms with E-state index in [0.717, 1.165) is 25.0 Å². The summed E-state index contributed by atoms with van der Waals surface area (Å²) >= 11 is 0. The number of nitro groups is 1. The lowest BCUT2D eigenvalue weighted by molar-refractivity contribution is -0.393. The number of ether oxygens (including phenoxy) is 1. The van der Waals surface area contributed by atoms with Crippen molar-refractivity contribution in [2.24, 2.45) is 0 Å². The van der Waals surface area contributed by atoms with Crippen molar-refractivity contribution < 1.29 is 27.6 Å². The average Bonchev–Trinajstić information content (AvgIpc) is 2.88. The molecule has 1 saturated carbocycles. The van der Waals surface area contributed by atoms with Gasteiger partial charge in [0, 0.05) is 37.9 Å². The molecule has 1 aromatic carbocycles. The fraction of sp³-hybridized carbons (Fsp3) is 0.522. The smallest absolute Gasteiger partial charge is 0.368 e. The number of carbonyl (C=O) groups excluding carboxylic acids is 1. The predicted octanol–water partition coefficient (Wildman–Crippen LogP) is 3.49. The summed E-state index contributed by atoms with van der Waals surface area (Å²) in [5.41, 5.74) is -0.488. The van der Waals surface area contributed by atoms with Gasteiger partial charge in [-0.1, -0.05) is 18.2 Å². The molecule has 36 heavy (non-hydrogen) atoms. The third kappa shape index (κ3) is 6.39. The zero-order valence-corrected chi connectivity index (χ0v) is 19.5. The Morgan fingerprint density at radius 1 is 1.11 bits per heavy atom. The first-order chi connectivity index (χ1) is 17.2. The molecular weight excluding hydrogens is 481 g/mol. The molecule has 2 heterocycles. The molecule has 4 rings (SSSR count). The fourth-order valence-corrected chi connectivity index (χ4v) is 4.49. The first-order valence-corrected chi connectivity index (χ1v) is 11.7. The van der Waals surface area contributed by atoms with Gasteiger partial charge in [0.1, 0.15) is 6.61 Å². The second-order valence-electron chi connectivity index (χ2n) is 8.81. The molecule has 2 aromatic rings. The Morgan fingerprint density at radius 3 is 2.39 bits per heavy atom. The molecule has 1 aliphatic carbocycles. The van der Waals surface area contributed by atoms with Crippen LogP contribution < -0.4 is 10.2 Å². The average molecular weight is 509 g/mol. The second-order valence-corrected chi connectivity index (χ2v) is 8.81. The SMILES string of the molecule is O=C(CO[C@H]1CC[C@H](Nc2cnc([N+](=O)[O-])c(C(F)(F)F)n2)CC1)N1CCN(c2ccccc2)CC1. The lowest BCUT2D eigenvalue weighted by Gasteiger charge is -2.36. The van der Waals surface area contributed by atoms with E-state index in [-0.39, 0.29) is 30.5 Å². The molecule has 10 nitrogen and oxygen atoms in total. The van der Waals surface area contributed by atoms with Crippen LogP contribution in [0.2, 0.25) is 0 Å². The van der Waals surface area contributed by atoms with E-state index in [9.17, 15) is 28.1 Å². The number of rotatable bonds is 7. The zero-order valence-electron chi connectivity index (χ0n) is 19.5. The van der Waals surface area contributed by atoms with Crippen LogP contribution in [-0.2, 0) is 15.7 Å². The highest BCUT2D eigenvalue weighted by molar-refractivity contribution is 5.77. The number of nitrogens with one attached hydrogen (secondary N) is 1. The van der Waals surface area contributed by atoms with Gasteiger partial charge in [0.05, 0.1) is 6.10 Å². The van der Waals surface area contributed by atoms with Crippen LogP contribution in [0.25, 0.3) is 0 Å². The van der Waals surface area contributed by atoms with Crippen LogP contribution in [0.4, 0.5) is 30.5 Å². The summed E-state index contributed by atoms with van der Waals surface area (Å²) in [6.07, 6.45) is -1.74. The number of hydrogen-bond donors (Lipinski definition) is 1. The minimum atomic E-state index is -4.99. The number of aromatic nitrogens is 2. The molecular formula is C23H27F3N6O4. The Labute approximate surface area is 205 Å². The molecule has 0 unspecified atom stereocenters. The van der Waals surface area contributed by atoms with Crippen molar-refractivity contribution in [3.05, 3.63) is 52.3 Å². The van der Waals surface area contributed by atoms with E-state index in [1.165, 1.54) is 0 Å². The van der Waals surface area contributed by atoms with Gasteiger partial charge < -0.3 is 30.0 Å². The van der Waals surface area contributed by atoms with Crippen LogP contribution in [0.3, 0.4) is 0 Å². The Bertz CT molecular complexity index is 1060. The molecule has 194 valence electrons. The Kier molecular flexibility index (Phi) is 7.87. The quantitative estimate of drug-likeness (QED) is 0.447. The van der Waals surface area contributed by atoms with Crippen molar-refractivity contribution in [2.45, 2.75) is 44.0 Å². The normalized spacial score (nSPS) is 20.8. The number of anilines is 2. The van der Waals surface area contributed by atoms with Gasteiger partial charge in [-0.05, 0) is 47.7 Å². The van der Waals surface area contributed by atoms with Gasteiger partial charge in [0.25, 0.3) is 0 Å². The van der Waals surface area contributed by atoms with E-state index >= 15 is 0 Å². The van der Waals surface area contributed by atoms with Crippen LogP contribution in [0.1, 0.15) is 31.4 Å². The predicted molar refractivity (Wildman–Crippen MR) is 125 cm³/mol. The van der Waals surface area contributed by atoms with E-state index in [1.54, 1.807) is 4.90 Å². The van der Waals surface area contributed by atoms with Gasteiger partial charge in [0.15, 0.2) is 12.0 Å². The number of para-hydroxylation sites is 1. The highest BCUT2D eigenvalue weighted by Gasteiger charge is 2.42. The third-order valence-corrected chi connectivity index (χ3v) is 6.42. The zero-order chi connectivity index (χ0) is 25.7. The lowest BCUT2D eigenvalue weighted by atomic mass is 9.93. The van der Waals surface area contributed by atoms with Crippen molar-refractivity contribution >= 4 is 23.2 Å². The molecule has 2 aliphatic rings. The Balaban J connectivity index is 1.20. The number of hydrogen-bond acceptors (Lipinski definition) is 8. The van der Waals surface area contributed by atoms with Crippen LogP contribution in [0.15, 0.2) is 36.5 Å². The van der Waals surface area contributed by atoms with E-state index in [2.05, 4.69) is 32.3 Å². The van der Waals surface area contributed by atoms with Gasteiger partial charge in [-0.2, -0.15) is 13.2 Å². The summed E-state index contributed by atoms with van der Waals surface area (Å²) in [6, 6.07) is 9.87. The van der Waals surface area contributed by atoms with Crippen LogP contribution in [-0.4, -0.2) is 70.6 Å². The number of carbonyl (C=O) groups is 1. The van der Waals surface area contributed by atoms with Crippen molar-refractivity contribution in [3.63, 3.8) is 0 Å². The number of piperazine rings is 1. The van der Waals surface area contributed by atoms with Crippen molar-refractivity contribution in [2.75, 3.05) is 43.0 Å². The second kappa shape index (κ2) is 11.1. The number of amides is 1. The summed E-state index contributed by atoms with van der Waals surface area (Å²) < 4.78 is 45.2. The molecule has 1 aromatic heterocycles. The number of benzene rings is 1. The van der Waals surface area contributed by atoms with Crippen LogP contribution >= 0.6 is 0 Å². The lowest BCUT2D eigenvalue weighted by Crippen LogP contribution is -2.50. The number of halogens is 3. The molecule has 0 atom stereocenters. The first-order valence-electron chi connectivity index (χ1n) is 11.7. The summed E-state index contributed by atoms with van der Waals surface area (Å²) in [4.78, 5) is 33.0.